The van der Waals surface area contributed by atoms with E-state index in [0.29, 0.717) is 10.0 Å². The number of hydrogen-bond acceptors (Lipinski definition) is 2. The first-order valence-corrected chi connectivity index (χ1v) is 7.84. The van der Waals surface area contributed by atoms with Crippen LogP contribution >= 0.6 is 46.6 Å². The summed E-state index contributed by atoms with van der Waals surface area (Å²) in [6.45, 7) is 0.868. The normalized spacial score (nSPS) is 10.5. The molecular weight excluding hydrogens is 321 g/mol. The second kappa shape index (κ2) is 7.30. The molecule has 2 aromatic carbocycles. The fourth-order valence-electron chi connectivity index (χ4n) is 1.50. The predicted octanol–water partition coefficient (Wildman–Crippen LogP) is 5.85. The van der Waals surface area contributed by atoms with E-state index in [9.17, 15) is 0 Å². The maximum absolute atomic E-state index is 5.96. The van der Waals surface area contributed by atoms with E-state index < -0.39 is 0 Å². The number of halogens is 3. The standard InChI is InChI=1S/C14H12Cl3NS/c15-10-1-3-11(4-2-10)18-7-8-19-12-5-6-13(16)14(17)9-12/h1-6,9,18H,7-8H2. The highest BCUT2D eigenvalue weighted by Crippen LogP contribution is 2.27. The Bertz CT molecular complexity index is 543. The molecule has 0 aromatic heterocycles. The van der Waals surface area contributed by atoms with Crippen LogP contribution in [-0.2, 0) is 0 Å². The van der Waals surface area contributed by atoms with Gasteiger partial charge in [0.1, 0.15) is 0 Å². The maximum Gasteiger partial charge on any atom is 0.0603 e. The van der Waals surface area contributed by atoms with Crippen molar-refractivity contribution >= 4 is 52.3 Å². The summed E-state index contributed by atoms with van der Waals surface area (Å²) < 4.78 is 0. The zero-order valence-electron chi connectivity index (χ0n) is 10.00. The van der Waals surface area contributed by atoms with Crippen molar-refractivity contribution in [3.8, 4) is 0 Å². The third kappa shape index (κ3) is 4.81. The molecule has 0 aliphatic rings. The fraction of sp³-hybridized carbons (Fsp3) is 0.143. The Labute approximate surface area is 132 Å². The number of hydrogen-bond donors (Lipinski definition) is 1. The second-order valence-corrected chi connectivity index (χ2v) is 6.28. The van der Waals surface area contributed by atoms with E-state index in [2.05, 4.69) is 5.32 Å². The van der Waals surface area contributed by atoms with Crippen LogP contribution in [0.15, 0.2) is 47.4 Å². The van der Waals surface area contributed by atoms with Crippen LogP contribution < -0.4 is 5.32 Å². The van der Waals surface area contributed by atoms with E-state index in [4.69, 9.17) is 34.8 Å². The summed E-state index contributed by atoms with van der Waals surface area (Å²) in [6, 6.07) is 13.3. The molecule has 1 nitrogen and oxygen atoms in total. The molecule has 0 saturated carbocycles. The van der Waals surface area contributed by atoms with Gasteiger partial charge in [-0.05, 0) is 42.5 Å². The van der Waals surface area contributed by atoms with E-state index >= 15 is 0 Å². The van der Waals surface area contributed by atoms with Crippen LogP contribution in [0.25, 0.3) is 0 Å². The number of benzene rings is 2. The predicted molar refractivity (Wildman–Crippen MR) is 87.1 cm³/mol. The van der Waals surface area contributed by atoms with Gasteiger partial charge in [-0.25, -0.2) is 0 Å². The van der Waals surface area contributed by atoms with E-state index in [1.165, 1.54) is 0 Å². The van der Waals surface area contributed by atoms with Gasteiger partial charge in [-0.1, -0.05) is 34.8 Å². The zero-order valence-corrected chi connectivity index (χ0v) is 13.1. The van der Waals surface area contributed by atoms with Crippen molar-refractivity contribution in [1.29, 1.82) is 0 Å². The molecule has 0 aliphatic carbocycles. The van der Waals surface area contributed by atoms with Crippen LogP contribution in [0.5, 0.6) is 0 Å². The Morgan fingerprint density at radius 3 is 2.32 bits per heavy atom. The number of nitrogens with one attached hydrogen (secondary N) is 1. The third-order valence-corrected chi connectivity index (χ3v) is 4.42. The van der Waals surface area contributed by atoms with E-state index in [1.807, 2.05) is 42.5 Å². The van der Waals surface area contributed by atoms with Gasteiger partial charge >= 0.3 is 0 Å². The number of anilines is 1. The minimum Gasteiger partial charge on any atom is -0.384 e. The molecule has 0 bridgehead atoms. The topological polar surface area (TPSA) is 12.0 Å². The molecule has 0 atom stereocenters. The average Bonchev–Trinajstić information content (AvgIpc) is 2.41. The van der Waals surface area contributed by atoms with Gasteiger partial charge in [0.2, 0.25) is 0 Å². The fourth-order valence-corrected chi connectivity index (χ4v) is 2.79. The van der Waals surface area contributed by atoms with Crippen LogP contribution in [0.1, 0.15) is 0 Å². The van der Waals surface area contributed by atoms with Crippen molar-refractivity contribution in [1.82, 2.24) is 0 Å². The SMILES string of the molecule is Clc1ccc(NCCSc2ccc(Cl)c(Cl)c2)cc1. The van der Waals surface area contributed by atoms with Crippen molar-refractivity contribution in [2.75, 3.05) is 17.6 Å². The summed E-state index contributed by atoms with van der Waals surface area (Å²) in [6.07, 6.45) is 0. The summed E-state index contributed by atoms with van der Waals surface area (Å²) >= 11 is 19.4. The highest BCUT2D eigenvalue weighted by molar-refractivity contribution is 7.99. The lowest BCUT2D eigenvalue weighted by molar-refractivity contribution is 1.22. The van der Waals surface area contributed by atoms with Crippen LogP contribution in [-0.4, -0.2) is 12.3 Å². The zero-order chi connectivity index (χ0) is 13.7. The van der Waals surface area contributed by atoms with Gasteiger partial charge in [0.15, 0.2) is 0 Å². The minimum absolute atomic E-state index is 0.588. The smallest absolute Gasteiger partial charge is 0.0603 e. The van der Waals surface area contributed by atoms with Crippen LogP contribution in [0.4, 0.5) is 5.69 Å². The lowest BCUT2D eigenvalue weighted by Crippen LogP contribution is -2.03. The first-order valence-electron chi connectivity index (χ1n) is 5.72. The molecule has 2 aromatic rings. The number of thioether (sulfide) groups is 1. The molecule has 0 fully saturated rings. The van der Waals surface area contributed by atoms with Gasteiger partial charge in [0.05, 0.1) is 10.0 Å². The molecule has 0 aliphatic heterocycles. The third-order valence-electron chi connectivity index (χ3n) is 2.44. The Morgan fingerprint density at radius 1 is 0.895 bits per heavy atom. The Hall–Kier alpha value is -0.540. The maximum atomic E-state index is 5.96. The lowest BCUT2D eigenvalue weighted by atomic mass is 10.3. The van der Waals surface area contributed by atoms with Crippen LogP contribution in [0.2, 0.25) is 15.1 Å². The molecule has 0 unspecified atom stereocenters. The molecule has 0 amide bonds. The summed E-state index contributed by atoms with van der Waals surface area (Å²) in [5, 5.41) is 5.26. The first-order chi connectivity index (χ1) is 9.15. The van der Waals surface area contributed by atoms with Gasteiger partial charge in [-0.2, -0.15) is 0 Å². The van der Waals surface area contributed by atoms with Gasteiger partial charge in [0, 0.05) is 27.9 Å². The number of rotatable bonds is 5. The summed E-state index contributed by atoms with van der Waals surface area (Å²) in [4.78, 5) is 1.12. The highest BCUT2D eigenvalue weighted by atomic mass is 35.5. The van der Waals surface area contributed by atoms with Crippen molar-refractivity contribution in [3.63, 3.8) is 0 Å². The van der Waals surface area contributed by atoms with Gasteiger partial charge < -0.3 is 5.32 Å². The Morgan fingerprint density at radius 2 is 1.63 bits per heavy atom. The summed E-state index contributed by atoms with van der Waals surface area (Å²) in [5.41, 5.74) is 1.07. The van der Waals surface area contributed by atoms with E-state index in [-0.39, 0.29) is 0 Å². The van der Waals surface area contributed by atoms with Gasteiger partial charge in [-0.15, -0.1) is 11.8 Å². The van der Waals surface area contributed by atoms with Crippen molar-refractivity contribution in [2.45, 2.75) is 4.90 Å². The molecule has 0 spiro atoms. The van der Waals surface area contributed by atoms with Crippen LogP contribution in [0.3, 0.4) is 0 Å². The monoisotopic (exact) mass is 331 g/mol. The van der Waals surface area contributed by atoms with E-state index in [0.717, 1.165) is 27.9 Å². The van der Waals surface area contributed by atoms with Crippen molar-refractivity contribution in [3.05, 3.63) is 57.5 Å². The quantitative estimate of drug-likeness (QED) is 0.544. The highest BCUT2D eigenvalue weighted by Gasteiger charge is 2.00. The summed E-state index contributed by atoms with van der Waals surface area (Å²) in [7, 11) is 0. The molecule has 19 heavy (non-hydrogen) atoms. The Kier molecular flexibility index (Phi) is 5.71. The van der Waals surface area contributed by atoms with Crippen molar-refractivity contribution in [2.24, 2.45) is 0 Å². The lowest BCUT2D eigenvalue weighted by Gasteiger charge is -2.07. The van der Waals surface area contributed by atoms with Gasteiger partial charge in [0.25, 0.3) is 0 Å². The van der Waals surface area contributed by atoms with Crippen LogP contribution in [0, 0.1) is 0 Å². The first kappa shape index (κ1) is 14.9. The molecule has 0 saturated heterocycles. The van der Waals surface area contributed by atoms with E-state index in [1.54, 1.807) is 11.8 Å². The van der Waals surface area contributed by atoms with Gasteiger partial charge in [-0.3, -0.25) is 0 Å². The minimum atomic E-state index is 0.588. The largest absolute Gasteiger partial charge is 0.384 e. The molecule has 0 heterocycles. The average molecular weight is 333 g/mol. The molecular formula is C14H12Cl3NS. The molecule has 5 heteroatoms. The second-order valence-electron chi connectivity index (χ2n) is 3.86. The molecule has 2 rings (SSSR count). The molecule has 1 N–H and O–H groups in total. The molecule has 100 valence electrons. The Balaban J connectivity index is 1.77. The summed E-state index contributed by atoms with van der Waals surface area (Å²) in [5.74, 6) is 0.945. The van der Waals surface area contributed by atoms with Crippen molar-refractivity contribution < 1.29 is 0 Å². The molecule has 0 radical (unpaired) electrons.